The highest BCUT2D eigenvalue weighted by Crippen LogP contribution is 2.22. The lowest BCUT2D eigenvalue weighted by Gasteiger charge is -2.11. The predicted molar refractivity (Wildman–Crippen MR) is 88.5 cm³/mol. The molecular formula is C17H16N2OS. The Morgan fingerprint density at radius 3 is 2.43 bits per heavy atom. The van der Waals surface area contributed by atoms with E-state index in [1.807, 2.05) is 56.3 Å². The molecule has 0 unspecified atom stereocenters. The van der Waals surface area contributed by atoms with Crippen LogP contribution in [0.2, 0.25) is 0 Å². The van der Waals surface area contributed by atoms with Crippen LogP contribution in [0.3, 0.4) is 0 Å². The van der Waals surface area contributed by atoms with Gasteiger partial charge in [-0.3, -0.25) is 0 Å². The summed E-state index contributed by atoms with van der Waals surface area (Å²) in [5.41, 5.74) is 2.48. The molecule has 1 aromatic carbocycles. The van der Waals surface area contributed by atoms with Crippen molar-refractivity contribution in [3.8, 4) is 5.88 Å². The van der Waals surface area contributed by atoms with Crippen LogP contribution in [-0.4, -0.2) is 16.1 Å². The monoisotopic (exact) mass is 296 g/mol. The van der Waals surface area contributed by atoms with Gasteiger partial charge in [0.2, 0.25) is 5.88 Å². The Labute approximate surface area is 127 Å². The van der Waals surface area contributed by atoms with Gasteiger partial charge in [-0.15, -0.1) is 11.3 Å². The number of benzene rings is 1. The molecule has 4 heteroatoms. The largest absolute Gasteiger partial charge is 0.473 e. The molecule has 3 nitrogen and oxygen atoms in total. The van der Waals surface area contributed by atoms with Gasteiger partial charge in [-0.2, -0.15) is 0 Å². The Morgan fingerprint density at radius 1 is 1.00 bits per heavy atom. The van der Waals surface area contributed by atoms with Gasteiger partial charge in [-0.25, -0.2) is 9.97 Å². The standard InChI is InChI=1S/C17H16N2OS/c1-12(2)20-17-16(10-9-13-6-5-11-21-13)18-14-7-3-4-8-15(14)19-17/h3-12H,1-2H3/b10-9+. The van der Waals surface area contributed by atoms with Crippen molar-refractivity contribution in [3.63, 3.8) is 0 Å². The zero-order chi connectivity index (χ0) is 14.7. The van der Waals surface area contributed by atoms with Crippen molar-refractivity contribution >= 4 is 34.5 Å². The average Bonchev–Trinajstić information content (AvgIpc) is 2.97. The van der Waals surface area contributed by atoms with Gasteiger partial charge in [0.15, 0.2) is 0 Å². The fourth-order valence-corrected chi connectivity index (χ4v) is 2.58. The first kappa shape index (κ1) is 13.8. The highest BCUT2D eigenvalue weighted by Gasteiger charge is 2.09. The van der Waals surface area contributed by atoms with Crippen LogP contribution in [0.15, 0.2) is 41.8 Å². The number of rotatable bonds is 4. The Morgan fingerprint density at radius 2 is 1.76 bits per heavy atom. The quantitative estimate of drug-likeness (QED) is 0.703. The van der Waals surface area contributed by atoms with E-state index in [9.17, 15) is 0 Å². The minimum atomic E-state index is 0.0642. The lowest BCUT2D eigenvalue weighted by atomic mass is 10.2. The van der Waals surface area contributed by atoms with Crippen LogP contribution in [0.25, 0.3) is 23.2 Å². The zero-order valence-electron chi connectivity index (χ0n) is 12.0. The lowest BCUT2D eigenvalue weighted by Crippen LogP contribution is -2.09. The van der Waals surface area contributed by atoms with Gasteiger partial charge >= 0.3 is 0 Å². The molecule has 0 saturated heterocycles. The fraction of sp³-hybridized carbons (Fsp3) is 0.176. The summed E-state index contributed by atoms with van der Waals surface area (Å²) in [4.78, 5) is 10.4. The molecule has 0 aliphatic heterocycles. The maximum Gasteiger partial charge on any atom is 0.240 e. The van der Waals surface area contributed by atoms with Crippen molar-refractivity contribution in [2.24, 2.45) is 0 Å². The highest BCUT2D eigenvalue weighted by atomic mass is 32.1. The number of hydrogen-bond donors (Lipinski definition) is 0. The van der Waals surface area contributed by atoms with Crippen molar-refractivity contribution in [3.05, 3.63) is 52.3 Å². The van der Waals surface area contributed by atoms with Crippen molar-refractivity contribution in [1.82, 2.24) is 9.97 Å². The van der Waals surface area contributed by atoms with Crippen LogP contribution in [0.5, 0.6) is 5.88 Å². The number of ether oxygens (including phenoxy) is 1. The number of aromatic nitrogens is 2. The van der Waals surface area contributed by atoms with E-state index in [2.05, 4.69) is 21.4 Å². The second-order valence-electron chi connectivity index (χ2n) is 4.92. The van der Waals surface area contributed by atoms with Crippen molar-refractivity contribution in [2.75, 3.05) is 0 Å². The lowest BCUT2D eigenvalue weighted by molar-refractivity contribution is 0.232. The summed E-state index contributed by atoms with van der Waals surface area (Å²) in [5, 5.41) is 2.05. The smallest absolute Gasteiger partial charge is 0.240 e. The molecule has 106 valence electrons. The minimum absolute atomic E-state index is 0.0642. The third kappa shape index (κ3) is 3.28. The number of thiophene rings is 1. The number of hydrogen-bond acceptors (Lipinski definition) is 4. The predicted octanol–water partition coefficient (Wildman–Crippen LogP) is 4.65. The van der Waals surface area contributed by atoms with Crippen LogP contribution in [-0.2, 0) is 0 Å². The van der Waals surface area contributed by atoms with E-state index >= 15 is 0 Å². The second kappa shape index (κ2) is 6.06. The van der Waals surface area contributed by atoms with Crippen molar-refractivity contribution < 1.29 is 4.74 Å². The zero-order valence-corrected chi connectivity index (χ0v) is 12.8. The second-order valence-corrected chi connectivity index (χ2v) is 5.90. The third-order valence-corrected chi connectivity index (χ3v) is 3.70. The van der Waals surface area contributed by atoms with Gasteiger partial charge in [-0.1, -0.05) is 18.2 Å². The van der Waals surface area contributed by atoms with Gasteiger partial charge in [0.1, 0.15) is 5.69 Å². The molecule has 21 heavy (non-hydrogen) atoms. The highest BCUT2D eigenvalue weighted by molar-refractivity contribution is 7.10. The summed E-state index contributed by atoms with van der Waals surface area (Å²) in [6.45, 7) is 3.98. The molecule has 0 bridgehead atoms. The van der Waals surface area contributed by atoms with Crippen LogP contribution < -0.4 is 4.74 Å². The molecule has 2 aromatic heterocycles. The average molecular weight is 296 g/mol. The third-order valence-electron chi connectivity index (χ3n) is 2.86. The van der Waals surface area contributed by atoms with Gasteiger partial charge in [0, 0.05) is 4.88 Å². The van der Waals surface area contributed by atoms with Gasteiger partial charge in [-0.05, 0) is 49.6 Å². The first-order chi connectivity index (χ1) is 10.2. The molecule has 0 fully saturated rings. The van der Waals surface area contributed by atoms with Gasteiger partial charge < -0.3 is 4.74 Å². The van der Waals surface area contributed by atoms with Crippen molar-refractivity contribution in [2.45, 2.75) is 20.0 Å². The summed E-state index contributed by atoms with van der Waals surface area (Å²) in [5.74, 6) is 0.580. The number of nitrogens with zero attached hydrogens (tertiary/aromatic N) is 2. The summed E-state index contributed by atoms with van der Waals surface area (Å²) in [6, 6.07) is 11.9. The first-order valence-corrected chi connectivity index (χ1v) is 7.75. The Bertz CT molecular complexity index is 764. The van der Waals surface area contributed by atoms with Crippen LogP contribution in [0, 0.1) is 0 Å². The van der Waals surface area contributed by atoms with Gasteiger partial charge in [0.05, 0.1) is 17.1 Å². The maximum atomic E-state index is 5.80. The molecular weight excluding hydrogens is 280 g/mol. The molecule has 0 amide bonds. The summed E-state index contributed by atoms with van der Waals surface area (Å²) in [6.07, 6.45) is 4.06. The molecule has 0 radical (unpaired) electrons. The van der Waals surface area contributed by atoms with E-state index < -0.39 is 0 Å². The molecule has 0 N–H and O–H groups in total. The van der Waals surface area contributed by atoms with E-state index in [4.69, 9.17) is 4.74 Å². The fourth-order valence-electron chi connectivity index (χ4n) is 1.96. The molecule has 3 rings (SSSR count). The van der Waals surface area contributed by atoms with E-state index in [-0.39, 0.29) is 6.10 Å². The van der Waals surface area contributed by atoms with Crippen LogP contribution in [0.1, 0.15) is 24.4 Å². The molecule has 3 aromatic rings. The van der Waals surface area contributed by atoms with E-state index in [1.54, 1.807) is 11.3 Å². The summed E-state index contributed by atoms with van der Waals surface area (Å²) < 4.78 is 5.80. The maximum absolute atomic E-state index is 5.80. The Hall–Kier alpha value is -2.20. The van der Waals surface area contributed by atoms with Crippen LogP contribution in [0.4, 0.5) is 0 Å². The van der Waals surface area contributed by atoms with Crippen LogP contribution >= 0.6 is 11.3 Å². The van der Waals surface area contributed by atoms with E-state index in [0.717, 1.165) is 16.7 Å². The van der Waals surface area contributed by atoms with E-state index in [0.29, 0.717) is 5.88 Å². The Kier molecular flexibility index (Phi) is 3.97. The molecule has 2 heterocycles. The topological polar surface area (TPSA) is 35.0 Å². The number of fused-ring (bicyclic) bond motifs is 1. The summed E-state index contributed by atoms with van der Waals surface area (Å²) in [7, 11) is 0. The Balaban J connectivity index is 2.05. The van der Waals surface area contributed by atoms with Crippen molar-refractivity contribution in [1.29, 1.82) is 0 Å². The molecule has 0 aliphatic rings. The first-order valence-electron chi connectivity index (χ1n) is 6.87. The SMILES string of the molecule is CC(C)Oc1nc2ccccc2nc1/C=C/c1cccs1. The number of para-hydroxylation sites is 2. The minimum Gasteiger partial charge on any atom is -0.473 e. The molecule has 0 spiro atoms. The van der Waals surface area contributed by atoms with E-state index in [1.165, 1.54) is 4.88 Å². The summed E-state index contributed by atoms with van der Waals surface area (Å²) >= 11 is 1.69. The van der Waals surface area contributed by atoms with Gasteiger partial charge in [0.25, 0.3) is 0 Å². The molecule has 0 saturated carbocycles. The normalized spacial score (nSPS) is 11.6. The molecule has 0 aliphatic carbocycles. The molecule has 0 atom stereocenters.